The minimum Gasteiger partial charge on any atom is -0.477 e. The van der Waals surface area contributed by atoms with Crippen LogP contribution in [-0.4, -0.2) is 63.3 Å². The highest BCUT2D eigenvalue weighted by molar-refractivity contribution is 8.01. The van der Waals surface area contributed by atoms with Crippen molar-refractivity contribution in [2.24, 2.45) is 5.73 Å². The van der Waals surface area contributed by atoms with Crippen molar-refractivity contribution in [1.29, 1.82) is 0 Å². The summed E-state index contributed by atoms with van der Waals surface area (Å²) in [6, 6.07) is -0.563. The van der Waals surface area contributed by atoms with Gasteiger partial charge >= 0.3 is 5.97 Å². The summed E-state index contributed by atoms with van der Waals surface area (Å²) in [4.78, 5) is 24.6. The van der Waals surface area contributed by atoms with Gasteiger partial charge in [-0.1, -0.05) is 0 Å². The lowest BCUT2D eigenvalue weighted by atomic mass is 10.0. The third-order valence-electron chi connectivity index (χ3n) is 3.67. The third kappa shape index (κ3) is 2.34. The number of amides is 1. The number of nitrogens with two attached hydrogens (primary N) is 1. The molecule has 8 heteroatoms. The smallest absolute Gasteiger partial charge is 0.352 e. The Morgan fingerprint density at radius 1 is 1.60 bits per heavy atom. The second-order valence-electron chi connectivity index (χ2n) is 4.99. The van der Waals surface area contributed by atoms with Gasteiger partial charge in [0, 0.05) is 23.4 Å². The van der Waals surface area contributed by atoms with E-state index in [-0.39, 0.29) is 17.0 Å². The van der Waals surface area contributed by atoms with Gasteiger partial charge in [0.1, 0.15) is 17.1 Å². The number of carbonyl (C=O) groups is 2. The predicted octanol–water partition coefficient (Wildman–Crippen LogP) is 0.0896. The van der Waals surface area contributed by atoms with Gasteiger partial charge in [-0.3, -0.25) is 9.69 Å². The lowest BCUT2D eigenvalue weighted by Gasteiger charge is -2.48. The molecule has 6 nitrogen and oxygen atoms in total. The molecule has 3 atom stereocenters. The van der Waals surface area contributed by atoms with Gasteiger partial charge in [-0.25, -0.2) is 4.79 Å². The van der Waals surface area contributed by atoms with Gasteiger partial charge in [0.05, 0.1) is 6.61 Å². The molecule has 3 rings (SSSR count). The first-order valence-corrected chi connectivity index (χ1v) is 8.54. The van der Waals surface area contributed by atoms with E-state index in [4.69, 9.17) is 10.5 Å². The quantitative estimate of drug-likeness (QED) is 0.710. The van der Waals surface area contributed by atoms with Crippen LogP contribution in [0.2, 0.25) is 0 Å². The second kappa shape index (κ2) is 5.59. The average Bonchev–Trinajstić information content (AvgIpc) is 2.96. The molecule has 0 saturated carbocycles. The summed E-state index contributed by atoms with van der Waals surface area (Å²) in [5, 5.41) is 9.61. The molecule has 3 N–H and O–H groups in total. The summed E-state index contributed by atoms with van der Waals surface area (Å²) < 4.78 is 5.31. The molecule has 3 heterocycles. The van der Waals surface area contributed by atoms with Crippen LogP contribution in [0.3, 0.4) is 0 Å². The summed E-state index contributed by atoms with van der Waals surface area (Å²) in [6.45, 7) is 1.50. The van der Waals surface area contributed by atoms with E-state index in [1.165, 1.54) is 4.90 Å². The van der Waals surface area contributed by atoms with Crippen LogP contribution in [0.1, 0.15) is 6.42 Å². The molecule has 20 heavy (non-hydrogen) atoms. The first-order valence-electron chi connectivity index (χ1n) is 6.44. The Balaban J connectivity index is 1.75. The van der Waals surface area contributed by atoms with E-state index >= 15 is 0 Å². The highest BCUT2D eigenvalue weighted by Crippen LogP contribution is 2.40. The van der Waals surface area contributed by atoms with Crippen molar-refractivity contribution in [2.45, 2.75) is 23.1 Å². The Bertz CT molecular complexity index is 476. The van der Waals surface area contributed by atoms with Crippen LogP contribution in [0.15, 0.2) is 11.3 Å². The molecule has 3 aliphatic heterocycles. The molecule has 1 unspecified atom stereocenters. The maximum atomic E-state index is 11.8. The number of fused-ring (bicyclic) bond motifs is 1. The van der Waals surface area contributed by atoms with Crippen LogP contribution < -0.4 is 5.73 Å². The molecule has 0 radical (unpaired) electrons. The first kappa shape index (κ1) is 14.2. The lowest BCUT2D eigenvalue weighted by Crippen LogP contribution is -2.68. The van der Waals surface area contributed by atoms with Gasteiger partial charge in [0.25, 0.3) is 0 Å². The van der Waals surface area contributed by atoms with E-state index in [2.05, 4.69) is 0 Å². The number of hydrogen-bond acceptors (Lipinski definition) is 6. The van der Waals surface area contributed by atoms with Crippen LogP contribution in [0.4, 0.5) is 0 Å². The Morgan fingerprint density at radius 3 is 3.05 bits per heavy atom. The molecular weight excluding hydrogens is 300 g/mol. The van der Waals surface area contributed by atoms with E-state index in [1.54, 1.807) is 23.5 Å². The van der Waals surface area contributed by atoms with Crippen molar-refractivity contribution in [3.05, 3.63) is 11.3 Å². The predicted molar refractivity (Wildman–Crippen MR) is 77.4 cm³/mol. The summed E-state index contributed by atoms with van der Waals surface area (Å²) in [7, 11) is 0. The monoisotopic (exact) mass is 316 g/mol. The number of ether oxygens (including phenoxy) is 1. The first-order chi connectivity index (χ1) is 9.59. The largest absolute Gasteiger partial charge is 0.477 e. The van der Waals surface area contributed by atoms with Gasteiger partial charge in [-0.05, 0) is 12.0 Å². The van der Waals surface area contributed by atoms with E-state index in [0.29, 0.717) is 16.8 Å². The summed E-state index contributed by atoms with van der Waals surface area (Å²) in [5.41, 5.74) is 6.67. The zero-order valence-electron chi connectivity index (χ0n) is 10.8. The van der Waals surface area contributed by atoms with Gasteiger partial charge in [-0.15, -0.1) is 11.8 Å². The van der Waals surface area contributed by atoms with Crippen LogP contribution in [0.5, 0.6) is 0 Å². The number of nitrogens with zero attached hydrogens (tertiary/aromatic N) is 1. The fourth-order valence-corrected chi connectivity index (χ4v) is 5.11. The molecule has 110 valence electrons. The van der Waals surface area contributed by atoms with Crippen molar-refractivity contribution >= 4 is 35.4 Å². The molecule has 3 aliphatic rings. The Hall–Kier alpha value is -0.700. The Kier molecular flexibility index (Phi) is 3.98. The zero-order chi connectivity index (χ0) is 14.3. The average molecular weight is 316 g/mol. The molecule has 1 amide bonds. The van der Waals surface area contributed by atoms with Crippen LogP contribution in [-0.2, 0) is 14.3 Å². The maximum absolute atomic E-state index is 11.8. The second-order valence-corrected chi connectivity index (χ2v) is 7.38. The normalized spacial score (nSPS) is 33.1. The van der Waals surface area contributed by atoms with E-state index in [1.807, 2.05) is 0 Å². The van der Waals surface area contributed by atoms with Crippen molar-refractivity contribution in [3.63, 3.8) is 0 Å². The number of carbonyl (C=O) groups excluding carboxylic acids is 1. The van der Waals surface area contributed by atoms with E-state index in [0.717, 1.165) is 25.2 Å². The molecular formula is C12H16N2O4S2. The third-order valence-corrected chi connectivity index (χ3v) is 6.39. The minimum absolute atomic E-state index is 0.145. The van der Waals surface area contributed by atoms with E-state index < -0.39 is 12.0 Å². The van der Waals surface area contributed by atoms with Gasteiger partial charge in [0.15, 0.2) is 0 Å². The Labute approximate surface area is 125 Å². The minimum atomic E-state index is -1.03. The number of carboxylic acid groups (broad SMARTS) is 1. The summed E-state index contributed by atoms with van der Waals surface area (Å²) in [5.74, 6) is -0.0567. The molecule has 0 spiro atoms. The van der Waals surface area contributed by atoms with Crippen molar-refractivity contribution < 1.29 is 19.4 Å². The number of aliphatic carboxylic acids is 1. The molecule has 0 aromatic rings. The van der Waals surface area contributed by atoms with Crippen molar-refractivity contribution in [2.75, 3.05) is 24.7 Å². The zero-order valence-corrected chi connectivity index (χ0v) is 12.4. The highest BCUT2D eigenvalue weighted by Gasteiger charge is 2.51. The topological polar surface area (TPSA) is 92.9 Å². The maximum Gasteiger partial charge on any atom is 0.352 e. The van der Waals surface area contributed by atoms with Crippen LogP contribution in [0, 0.1) is 0 Å². The lowest BCUT2D eigenvalue weighted by molar-refractivity contribution is -0.147. The number of thioether (sulfide) groups is 2. The molecule has 0 aromatic carbocycles. The fraction of sp³-hybridized carbons (Fsp3) is 0.667. The van der Waals surface area contributed by atoms with Crippen molar-refractivity contribution in [1.82, 2.24) is 4.90 Å². The standard InChI is InChI=1S/C12H16N2O4S2/c13-8-10(15)14-9(12(16)17)6(5-20-11(8)14)4-19-7-1-2-18-3-7/h7-8,11H,1-5,13H2,(H,16,17)/t7?,8-,11-/m1/s1. The molecule has 0 aliphatic carbocycles. The highest BCUT2D eigenvalue weighted by atomic mass is 32.2. The van der Waals surface area contributed by atoms with Gasteiger partial charge < -0.3 is 15.6 Å². The van der Waals surface area contributed by atoms with E-state index in [9.17, 15) is 14.7 Å². The van der Waals surface area contributed by atoms with Gasteiger partial charge in [-0.2, -0.15) is 11.8 Å². The molecule has 2 fully saturated rings. The SMILES string of the molecule is N[C@@H]1C(=O)N2C(C(=O)O)=C(CSC3CCOC3)CS[C@H]12. The summed E-state index contributed by atoms with van der Waals surface area (Å²) >= 11 is 3.26. The van der Waals surface area contributed by atoms with Gasteiger partial charge in [0.2, 0.25) is 5.91 Å². The fourth-order valence-electron chi connectivity index (χ4n) is 2.55. The van der Waals surface area contributed by atoms with Crippen LogP contribution >= 0.6 is 23.5 Å². The number of hydrogen-bond donors (Lipinski definition) is 2. The number of rotatable bonds is 4. The molecule has 0 bridgehead atoms. The Morgan fingerprint density at radius 2 is 2.40 bits per heavy atom. The summed E-state index contributed by atoms with van der Waals surface area (Å²) in [6.07, 6.45) is 1.00. The van der Waals surface area contributed by atoms with Crippen LogP contribution in [0.25, 0.3) is 0 Å². The number of β-lactam (4-membered cyclic amide) rings is 1. The molecule has 0 aromatic heterocycles. The number of carboxylic acids is 1. The van der Waals surface area contributed by atoms with Crippen molar-refractivity contribution in [3.8, 4) is 0 Å². The molecule has 2 saturated heterocycles.